The van der Waals surface area contributed by atoms with E-state index in [-0.39, 0.29) is 35.9 Å². The first-order valence-electron chi connectivity index (χ1n) is 8.22. The Labute approximate surface area is 152 Å². The van der Waals surface area contributed by atoms with Crippen molar-refractivity contribution in [1.82, 2.24) is 5.32 Å². The highest BCUT2D eigenvalue weighted by molar-refractivity contribution is 5.78. The number of ether oxygens (including phenoxy) is 2. The summed E-state index contributed by atoms with van der Waals surface area (Å²) in [6.45, 7) is 3.76. The van der Waals surface area contributed by atoms with Crippen LogP contribution in [0.5, 0.6) is 11.5 Å². The molecule has 26 heavy (non-hydrogen) atoms. The first-order valence-corrected chi connectivity index (χ1v) is 8.22. The summed E-state index contributed by atoms with van der Waals surface area (Å²) in [5.74, 6) is 0.347. The van der Waals surface area contributed by atoms with Gasteiger partial charge in [0.05, 0.1) is 24.1 Å². The van der Waals surface area contributed by atoms with Gasteiger partial charge in [0.15, 0.2) is 18.1 Å². The quantitative estimate of drug-likeness (QED) is 0.576. The van der Waals surface area contributed by atoms with Crippen molar-refractivity contribution in [2.75, 3.05) is 13.7 Å². The maximum absolute atomic E-state index is 12.3. The SMILES string of the molecule is COc1ccc([N+](=O)[O-])cc1OCC(=O)NC(c1ccccc1)C(C)C. The molecule has 0 aliphatic heterocycles. The van der Waals surface area contributed by atoms with Crippen LogP contribution in [0, 0.1) is 16.0 Å². The van der Waals surface area contributed by atoms with E-state index in [9.17, 15) is 14.9 Å². The highest BCUT2D eigenvalue weighted by Crippen LogP contribution is 2.31. The monoisotopic (exact) mass is 358 g/mol. The molecule has 0 aliphatic carbocycles. The summed E-state index contributed by atoms with van der Waals surface area (Å²) < 4.78 is 10.6. The molecule has 1 atom stereocenters. The second kappa shape index (κ2) is 8.84. The fraction of sp³-hybridized carbons (Fsp3) is 0.316. The van der Waals surface area contributed by atoms with Gasteiger partial charge < -0.3 is 14.8 Å². The van der Waals surface area contributed by atoms with Gasteiger partial charge in [-0.2, -0.15) is 0 Å². The van der Waals surface area contributed by atoms with Crippen LogP contribution in [0.4, 0.5) is 5.69 Å². The number of methoxy groups -OCH3 is 1. The van der Waals surface area contributed by atoms with Gasteiger partial charge in [-0.3, -0.25) is 14.9 Å². The predicted octanol–water partition coefficient (Wildman–Crippen LogP) is 3.50. The summed E-state index contributed by atoms with van der Waals surface area (Å²) in [4.78, 5) is 22.7. The smallest absolute Gasteiger partial charge is 0.273 e. The molecule has 2 aromatic rings. The minimum atomic E-state index is -0.531. The Kier molecular flexibility index (Phi) is 6.54. The van der Waals surface area contributed by atoms with Crippen LogP contribution in [0.15, 0.2) is 48.5 Å². The largest absolute Gasteiger partial charge is 0.493 e. The molecule has 0 heterocycles. The number of carbonyl (C=O) groups excluding carboxylic acids is 1. The van der Waals surface area contributed by atoms with Gasteiger partial charge in [-0.15, -0.1) is 0 Å². The van der Waals surface area contributed by atoms with Crippen molar-refractivity contribution in [2.45, 2.75) is 19.9 Å². The summed E-state index contributed by atoms with van der Waals surface area (Å²) in [7, 11) is 1.43. The Balaban J connectivity index is 2.06. The van der Waals surface area contributed by atoms with Crippen LogP contribution in [-0.4, -0.2) is 24.5 Å². The molecule has 0 saturated carbocycles. The van der Waals surface area contributed by atoms with E-state index in [0.717, 1.165) is 5.56 Å². The van der Waals surface area contributed by atoms with Gasteiger partial charge in [0.25, 0.3) is 11.6 Å². The zero-order valence-electron chi connectivity index (χ0n) is 15.0. The number of nitrogens with one attached hydrogen (secondary N) is 1. The predicted molar refractivity (Wildman–Crippen MR) is 97.3 cm³/mol. The molecule has 0 aromatic heterocycles. The molecule has 0 aliphatic rings. The summed E-state index contributed by atoms with van der Waals surface area (Å²) >= 11 is 0. The molecule has 1 unspecified atom stereocenters. The lowest BCUT2D eigenvalue weighted by atomic mass is 9.96. The molecule has 0 radical (unpaired) electrons. The third kappa shape index (κ3) is 4.95. The lowest BCUT2D eigenvalue weighted by Gasteiger charge is -2.23. The molecule has 1 amide bonds. The van der Waals surface area contributed by atoms with E-state index in [1.165, 1.54) is 25.3 Å². The molecule has 0 saturated heterocycles. The van der Waals surface area contributed by atoms with E-state index in [1.54, 1.807) is 0 Å². The number of hydrogen-bond acceptors (Lipinski definition) is 5. The van der Waals surface area contributed by atoms with Crippen LogP contribution in [-0.2, 0) is 4.79 Å². The van der Waals surface area contributed by atoms with Gasteiger partial charge >= 0.3 is 0 Å². The van der Waals surface area contributed by atoms with Crippen molar-refractivity contribution in [2.24, 2.45) is 5.92 Å². The van der Waals surface area contributed by atoms with Crippen LogP contribution in [0.3, 0.4) is 0 Å². The number of amides is 1. The van der Waals surface area contributed by atoms with Crippen molar-refractivity contribution < 1.29 is 19.2 Å². The second-order valence-corrected chi connectivity index (χ2v) is 6.08. The fourth-order valence-corrected chi connectivity index (χ4v) is 2.55. The molecule has 2 rings (SSSR count). The number of carbonyl (C=O) groups is 1. The first kappa shape index (κ1) is 19.2. The molecule has 1 N–H and O–H groups in total. The normalized spacial score (nSPS) is 11.7. The van der Waals surface area contributed by atoms with Crippen molar-refractivity contribution >= 4 is 11.6 Å². The van der Waals surface area contributed by atoms with E-state index in [1.807, 2.05) is 44.2 Å². The third-order valence-corrected chi connectivity index (χ3v) is 3.86. The number of benzene rings is 2. The summed E-state index contributed by atoms with van der Waals surface area (Å²) in [5.41, 5.74) is 0.870. The Morgan fingerprint density at radius 2 is 1.85 bits per heavy atom. The van der Waals surface area contributed by atoms with Crippen molar-refractivity contribution in [3.05, 3.63) is 64.2 Å². The van der Waals surface area contributed by atoms with Gasteiger partial charge in [-0.1, -0.05) is 44.2 Å². The minimum absolute atomic E-state index is 0.134. The fourth-order valence-electron chi connectivity index (χ4n) is 2.55. The van der Waals surface area contributed by atoms with E-state index >= 15 is 0 Å². The average molecular weight is 358 g/mol. The lowest BCUT2D eigenvalue weighted by Crippen LogP contribution is -2.35. The molecule has 0 spiro atoms. The maximum Gasteiger partial charge on any atom is 0.273 e. The van der Waals surface area contributed by atoms with E-state index in [4.69, 9.17) is 9.47 Å². The van der Waals surface area contributed by atoms with Gasteiger partial charge in [-0.25, -0.2) is 0 Å². The number of nitrogens with zero attached hydrogens (tertiary/aromatic N) is 1. The lowest BCUT2D eigenvalue weighted by molar-refractivity contribution is -0.385. The highest BCUT2D eigenvalue weighted by atomic mass is 16.6. The highest BCUT2D eigenvalue weighted by Gasteiger charge is 2.19. The number of non-ortho nitro benzene ring substituents is 1. The van der Waals surface area contributed by atoms with E-state index in [2.05, 4.69) is 5.32 Å². The van der Waals surface area contributed by atoms with E-state index in [0.29, 0.717) is 5.75 Å². The van der Waals surface area contributed by atoms with Gasteiger partial charge in [0, 0.05) is 6.07 Å². The Hall–Kier alpha value is -3.09. The van der Waals surface area contributed by atoms with Crippen molar-refractivity contribution in [3.63, 3.8) is 0 Å². The number of nitro groups is 1. The summed E-state index contributed by atoms with van der Waals surface area (Å²) in [6.07, 6.45) is 0. The van der Waals surface area contributed by atoms with Gasteiger partial charge in [0.1, 0.15) is 0 Å². The number of hydrogen-bond donors (Lipinski definition) is 1. The van der Waals surface area contributed by atoms with Gasteiger partial charge in [0.2, 0.25) is 0 Å². The molecule has 2 aromatic carbocycles. The summed E-state index contributed by atoms with van der Waals surface area (Å²) in [5, 5.41) is 13.8. The Morgan fingerprint density at radius 3 is 2.42 bits per heavy atom. The van der Waals surface area contributed by atoms with Crippen molar-refractivity contribution in [1.29, 1.82) is 0 Å². The van der Waals surface area contributed by atoms with Crippen LogP contribution in [0.2, 0.25) is 0 Å². The minimum Gasteiger partial charge on any atom is -0.493 e. The zero-order valence-corrected chi connectivity index (χ0v) is 15.0. The molecular formula is C19H22N2O5. The number of rotatable bonds is 8. The molecule has 7 nitrogen and oxygen atoms in total. The second-order valence-electron chi connectivity index (χ2n) is 6.08. The van der Waals surface area contributed by atoms with Crippen LogP contribution in [0.1, 0.15) is 25.5 Å². The first-order chi connectivity index (χ1) is 12.4. The molecule has 138 valence electrons. The van der Waals surface area contributed by atoms with Crippen LogP contribution < -0.4 is 14.8 Å². The number of nitro benzene ring substituents is 1. The van der Waals surface area contributed by atoms with Gasteiger partial charge in [-0.05, 0) is 17.5 Å². The average Bonchev–Trinajstić information content (AvgIpc) is 2.64. The third-order valence-electron chi connectivity index (χ3n) is 3.86. The molecule has 0 fully saturated rings. The zero-order chi connectivity index (χ0) is 19.1. The Bertz CT molecular complexity index is 762. The van der Waals surface area contributed by atoms with Crippen molar-refractivity contribution in [3.8, 4) is 11.5 Å². The topological polar surface area (TPSA) is 90.7 Å². The Morgan fingerprint density at radius 1 is 1.15 bits per heavy atom. The molecule has 7 heteroatoms. The maximum atomic E-state index is 12.3. The van der Waals surface area contributed by atoms with Crippen LogP contribution in [0.25, 0.3) is 0 Å². The van der Waals surface area contributed by atoms with Crippen LogP contribution >= 0.6 is 0 Å². The molecule has 0 bridgehead atoms. The van der Waals surface area contributed by atoms with E-state index < -0.39 is 4.92 Å². The standard InChI is InChI=1S/C19H22N2O5/c1-13(2)19(14-7-5-4-6-8-14)20-18(22)12-26-17-11-15(21(23)24)9-10-16(17)25-3/h4-11,13,19H,12H2,1-3H3,(H,20,22). The molecular weight excluding hydrogens is 336 g/mol. The summed E-state index contributed by atoms with van der Waals surface area (Å²) in [6, 6.07) is 13.5.